The Morgan fingerprint density at radius 1 is 1.47 bits per heavy atom. The molecule has 4 heteroatoms. The maximum Gasteiger partial charge on any atom is 0.155 e. The molecule has 2 rings (SSSR count). The molecule has 0 aromatic carbocycles. The summed E-state index contributed by atoms with van der Waals surface area (Å²) in [6.07, 6.45) is 2.97. The van der Waals surface area contributed by atoms with E-state index in [0.717, 1.165) is 24.3 Å². The highest BCUT2D eigenvalue weighted by Crippen LogP contribution is 2.19. The summed E-state index contributed by atoms with van der Waals surface area (Å²) in [5, 5.41) is 3.71. The predicted octanol–water partition coefficient (Wildman–Crippen LogP) is 2.27. The SMILES string of the molecule is CCc1nc(Cl)c2ccc(CNC)cn12. The van der Waals surface area contributed by atoms with Crippen molar-refractivity contribution in [2.75, 3.05) is 7.05 Å². The Morgan fingerprint density at radius 2 is 2.27 bits per heavy atom. The van der Waals surface area contributed by atoms with Crippen LogP contribution in [-0.2, 0) is 13.0 Å². The second-order valence-electron chi connectivity index (χ2n) is 3.50. The Hall–Kier alpha value is -1.06. The molecule has 0 radical (unpaired) electrons. The zero-order valence-electron chi connectivity index (χ0n) is 8.92. The third-order valence-electron chi connectivity index (χ3n) is 2.42. The molecule has 0 fully saturated rings. The highest BCUT2D eigenvalue weighted by Gasteiger charge is 2.07. The van der Waals surface area contributed by atoms with Crippen LogP contribution in [0.4, 0.5) is 0 Å². The number of fused-ring (bicyclic) bond motifs is 1. The van der Waals surface area contributed by atoms with Crippen molar-refractivity contribution < 1.29 is 0 Å². The van der Waals surface area contributed by atoms with Gasteiger partial charge in [-0.05, 0) is 18.7 Å². The lowest BCUT2D eigenvalue weighted by Crippen LogP contribution is -2.06. The number of hydrogen-bond acceptors (Lipinski definition) is 2. The Kier molecular flexibility index (Phi) is 2.93. The Labute approximate surface area is 94.1 Å². The van der Waals surface area contributed by atoms with E-state index >= 15 is 0 Å². The highest BCUT2D eigenvalue weighted by atomic mass is 35.5. The monoisotopic (exact) mass is 223 g/mol. The van der Waals surface area contributed by atoms with Crippen molar-refractivity contribution in [3.63, 3.8) is 0 Å². The van der Waals surface area contributed by atoms with Crippen LogP contribution >= 0.6 is 11.6 Å². The van der Waals surface area contributed by atoms with E-state index in [1.165, 1.54) is 5.56 Å². The number of pyridine rings is 1. The van der Waals surface area contributed by atoms with Gasteiger partial charge in [-0.2, -0.15) is 0 Å². The number of aryl methyl sites for hydroxylation is 1. The van der Waals surface area contributed by atoms with Crippen LogP contribution in [0.2, 0.25) is 5.15 Å². The van der Waals surface area contributed by atoms with E-state index in [9.17, 15) is 0 Å². The fourth-order valence-corrected chi connectivity index (χ4v) is 1.96. The second-order valence-corrected chi connectivity index (χ2v) is 3.85. The van der Waals surface area contributed by atoms with E-state index in [2.05, 4.69) is 33.9 Å². The number of halogens is 1. The number of rotatable bonds is 3. The fraction of sp³-hybridized carbons (Fsp3) is 0.364. The number of imidazole rings is 1. The van der Waals surface area contributed by atoms with E-state index < -0.39 is 0 Å². The van der Waals surface area contributed by atoms with E-state index in [1.54, 1.807) is 0 Å². The molecule has 1 N–H and O–H groups in total. The van der Waals surface area contributed by atoms with Gasteiger partial charge in [0.25, 0.3) is 0 Å². The maximum absolute atomic E-state index is 6.04. The molecule has 0 atom stereocenters. The van der Waals surface area contributed by atoms with Gasteiger partial charge in [0.05, 0.1) is 5.52 Å². The van der Waals surface area contributed by atoms with Crippen molar-refractivity contribution in [3.05, 3.63) is 34.9 Å². The Balaban J connectivity index is 2.58. The molecular weight excluding hydrogens is 210 g/mol. The van der Waals surface area contributed by atoms with Crippen LogP contribution in [-0.4, -0.2) is 16.4 Å². The molecule has 80 valence electrons. The molecule has 0 unspecified atom stereocenters. The van der Waals surface area contributed by atoms with Crippen molar-refractivity contribution in [1.82, 2.24) is 14.7 Å². The van der Waals surface area contributed by atoms with Crippen LogP contribution in [0.15, 0.2) is 18.3 Å². The van der Waals surface area contributed by atoms with Crippen LogP contribution in [0.25, 0.3) is 5.52 Å². The van der Waals surface area contributed by atoms with Gasteiger partial charge in [-0.15, -0.1) is 0 Å². The fourth-order valence-electron chi connectivity index (χ4n) is 1.71. The summed E-state index contributed by atoms with van der Waals surface area (Å²) in [7, 11) is 1.94. The molecule has 0 aliphatic rings. The number of aromatic nitrogens is 2. The first kappa shape index (κ1) is 10.5. The Bertz CT molecular complexity index is 476. The second kappa shape index (κ2) is 4.21. The zero-order chi connectivity index (χ0) is 10.8. The molecule has 0 amide bonds. The summed E-state index contributed by atoms with van der Waals surface area (Å²) < 4.78 is 2.06. The summed E-state index contributed by atoms with van der Waals surface area (Å²) in [5.41, 5.74) is 2.21. The zero-order valence-corrected chi connectivity index (χ0v) is 9.67. The number of hydrogen-bond donors (Lipinski definition) is 1. The first-order chi connectivity index (χ1) is 7.26. The molecule has 15 heavy (non-hydrogen) atoms. The van der Waals surface area contributed by atoms with Gasteiger partial charge in [-0.25, -0.2) is 4.98 Å². The lowest BCUT2D eigenvalue weighted by Gasteiger charge is -2.03. The van der Waals surface area contributed by atoms with E-state index in [1.807, 2.05) is 13.1 Å². The van der Waals surface area contributed by atoms with Gasteiger partial charge in [0, 0.05) is 19.2 Å². The topological polar surface area (TPSA) is 29.3 Å². The smallest absolute Gasteiger partial charge is 0.155 e. The summed E-state index contributed by atoms with van der Waals surface area (Å²) in [5.74, 6) is 1.01. The van der Waals surface area contributed by atoms with Gasteiger partial charge in [0.15, 0.2) is 5.15 Å². The standard InChI is InChI=1S/C11H14ClN3/c1-3-10-14-11(12)9-5-4-8(6-13-2)7-15(9)10/h4-5,7,13H,3,6H2,1-2H3. The van der Waals surface area contributed by atoms with Gasteiger partial charge < -0.3 is 9.72 Å². The molecule has 2 heterocycles. The van der Waals surface area contributed by atoms with Crippen LogP contribution in [0.1, 0.15) is 18.3 Å². The van der Waals surface area contributed by atoms with Crippen molar-refractivity contribution in [2.24, 2.45) is 0 Å². The van der Waals surface area contributed by atoms with Gasteiger partial charge in [-0.3, -0.25) is 0 Å². The third kappa shape index (κ3) is 1.85. The number of nitrogens with one attached hydrogen (secondary N) is 1. The molecule has 2 aromatic rings. The quantitative estimate of drug-likeness (QED) is 0.865. The van der Waals surface area contributed by atoms with Crippen LogP contribution in [0, 0.1) is 0 Å². The van der Waals surface area contributed by atoms with E-state index in [4.69, 9.17) is 11.6 Å². The van der Waals surface area contributed by atoms with Gasteiger partial charge >= 0.3 is 0 Å². The van der Waals surface area contributed by atoms with Gasteiger partial charge in [0.1, 0.15) is 5.82 Å². The summed E-state index contributed by atoms with van der Waals surface area (Å²) >= 11 is 6.04. The molecule has 0 spiro atoms. The van der Waals surface area contributed by atoms with E-state index in [-0.39, 0.29) is 0 Å². The van der Waals surface area contributed by atoms with Crippen molar-refractivity contribution in [2.45, 2.75) is 19.9 Å². The molecular formula is C11H14ClN3. The normalized spacial score (nSPS) is 11.1. The average Bonchev–Trinajstić information content (AvgIpc) is 2.56. The molecule has 3 nitrogen and oxygen atoms in total. The largest absolute Gasteiger partial charge is 0.316 e. The van der Waals surface area contributed by atoms with Crippen LogP contribution < -0.4 is 5.32 Å². The van der Waals surface area contributed by atoms with E-state index in [0.29, 0.717) is 5.15 Å². The summed E-state index contributed by atoms with van der Waals surface area (Å²) in [6, 6.07) is 4.08. The van der Waals surface area contributed by atoms with Crippen LogP contribution in [0.5, 0.6) is 0 Å². The van der Waals surface area contributed by atoms with Crippen molar-refractivity contribution in [1.29, 1.82) is 0 Å². The Morgan fingerprint density at radius 3 is 2.93 bits per heavy atom. The molecule has 0 saturated carbocycles. The lowest BCUT2D eigenvalue weighted by atomic mass is 10.2. The maximum atomic E-state index is 6.04. The van der Waals surface area contributed by atoms with Gasteiger partial charge in [0.2, 0.25) is 0 Å². The van der Waals surface area contributed by atoms with Gasteiger partial charge in [-0.1, -0.05) is 24.6 Å². The highest BCUT2D eigenvalue weighted by molar-refractivity contribution is 6.32. The summed E-state index contributed by atoms with van der Waals surface area (Å²) in [6.45, 7) is 2.94. The molecule has 0 aliphatic carbocycles. The summed E-state index contributed by atoms with van der Waals surface area (Å²) in [4.78, 5) is 4.32. The van der Waals surface area contributed by atoms with Crippen molar-refractivity contribution in [3.8, 4) is 0 Å². The van der Waals surface area contributed by atoms with Crippen LogP contribution in [0.3, 0.4) is 0 Å². The minimum Gasteiger partial charge on any atom is -0.316 e. The number of nitrogens with zero attached hydrogens (tertiary/aromatic N) is 2. The lowest BCUT2D eigenvalue weighted by molar-refractivity contribution is 0.806. The minimum absolute atomic E-state index is 0.586. The predicted molar refractivity (Wildman–Crippen MR) is 62.3 cm³/mol. The van der Waals surface area contributed by atoms with Crippen molar-refractivity contribution >= 4 is 17.1 Å². The molecule has 0 aliphatic heterocycles. The molecule has 2 aromatic heterocycles. The average molecular weight is 224 g/mol. The third-order valence-corrected chi connectivity index (χ3v) is 2.70. The minimum atomic E-state index is 0.586. The first-order valence-corrected chi connectivity index (χ1v) is 5.44. The molecule has 0 saturated heterocycles. The first-order valence-electron chi connectivity index (χ1n) is 5.06. The molecule has 0 bridgehead atoms.